The zero-order chi connectivity index (χ0) is 18.1. The summed E-state index contributed by atoms with van der Waals surface area (Å²) in [4.78, 5) is 16.3. The highest BCUT2D eigenvalue weighted by molar-refractivity contribution is 7.09. The Morgan fingerprint density at radius 2 is 2.08 bits per heavy atom. The summed E-state index contributed by atoms with van der Waals surface area (Å²) in [5.74, 6) is 0.446. The highest BCUT2D eigenvalue weighted by Gasteiger charge is 2.11. The van der Waals surface area contributed by atoms with Gasteiger partial charge in [-0.15, -0.1) is 11.3 Å². The number of amides is 1. The Balaban J connectivity index is 1.55. The maximum absolute atomic E-state index is 12.0. The summed E-state index contributed by atoms with van der Waals surface area (Å²) in [7, 11) is 0. The van der Waals surface area contributed by atoms with E-state index in [2.05, 4.69) is 27.6 Å². The summed E-state index contributed by atoms with van der Waals surface area (Å²) in [6, 6.07) is 14.1. The van der Waals surface area contributed by atoms with Crippen molar-refractivity contribution < 1.29 is 9.21 Å². The molecule has 0 spiro atoms. The molecule has 0 atom stereocenters. The average molecular weight is 363 g/mol. The van der Waals surface area contributed by atoms with E-state index in [0.29, 0.717) is 11.5 Å². The van der Waals surface area contributed by atoms with Gasteiger partial charge in [-0.05, 0) is 36.8 Å². The zero-order valence-corrected chi connectivity index (χ0v) is 15.3. The van der Waals surface area contributed by atoms with E-state index in [1.807, 2.05) is 49.6 Å². The average Bonchev–Trinajstić information content (AvgIpc) is 3.26. The first-order valence-corrected chi connectivity index (χ1v) is 9.14. The molecule has 26 heavy (non-hydrogen) atoms. The molecule has 5 nitrogen and oxygen atoms in total. The van der Waals surface area contributed by atoms with E-state index in [1.165, 1.54) is 11.3 Å². The van der Waals surface area contributed by atoms with Gasteiger partial charge in [0.25, 0.3) is 0 Å². The van der Waals surface area contributed by atoms with Crippen molar-refractivity contribution >= 4 is 44.7 Å². The van der Waals surface area contributed by atoms with E-state index < -0.39 is 0 Å². The predicted molar refractivity (Wildman–Crippen MR) is 105 cm³/mol. The number of furan rings is 1. The lowest BCUT2D eigenvalue weighted by molar-refractivity contribution is -0.120. The van der Waals surface area contributed by atoms with E-state index in [1.54, 1.807) is 0 Å². The fourth-order valence-corrected chi connectivity index (χ4v) is 3.60. The van der Waals surface area contributed by atoms with Crippen LogP contribution >= 0.6 is 11.3 Å². The van der Waals surface area contributed by atoms with E-state index in [4.69, 9.17) is 4.42 Å². The molecular formula is C20H17N3O2S. The summed E-state index contributed by atoms with van der Waals surface area (Å²) < 4.78 is 5.90. The molecule has 1 N–H and O–H groups in total. The maximum atomic E-state index is 12.0. The Bertz CT molecular complexity index is 1140. The number of hydrogen-bond acceptors (Lipinski definition) is 5. The molecule has 2 aromatic carbocycles. The van der Waals surface area contributed by atoms with Crippen LogP contribution in [0.1, 0.15) is 23.4 Å². The van der Waals surface area contributed by atoms with E-state index in [0.717, 1.165) is 32.4 Å². The van der Waals surface area contributed by atoms with Crippen LogP contribution in [0, 0.1) is 6.92 Å². The number of carbonyl (C=O) groups is 1. The fourth-order valence-electron chi connectivity index (χ4n) is 2.83. The minimum absolute atomic E-state index is 0.194. The number of hydrogen-bond donors (Lipinski definition) is 1. The molecule has 6 heteroatoms. The molecule has 2 aromatic heterocycles. The highest BCUT2D eigenvalue weighted by Crippen LogP contribution is 2.28. The summed E-state index contributed by atoms with van der Waals surface area (Å²) in [5.41, 5.74) is 4.92. The Morgan fingerprint density at radius 3 is 2.88 bits per heavy atom. The van der Waals surface area contributed by atoms with Crippen molar-refractivity contribution in [2.75, 3.05) is 0 Å². The van der Waals surface area contributed by atoms with Crippen molar-refractivity contribution in [3.8, 4) is 0 Å². The second-order valence-corrected chi connectivity index (χ2v) is 7.04. The van der Waals surface area contributed by atoms with Crippen molar-refractivity contribution in [2.45, 2.75) is 20.3 Å². The molecule has 0 aliphatic carbocycles. The van der Waals surface area contributed by atoms with Crippen LogP contribution in [0.2, 0.25) is 0 Å². The number of nitrogens with one attached hydrogen (secondary N) is 1. The molecule has 0 fully saturated rings. The van der Waals surface area contributed by atoms with Crippen LogP contribution in [0.15, 0.2) is 57.4 Å². The fraction of sp³-hybridized carbons (Fsp3) is 0.150. The van der Waals surface area contributed by atoms with Crippen molar-refractivity contribution in [1.82, 2.24) is 10.4 Å². The van der Waals surface area contributed by atoms with Crippen molar-refractivity contribution in [3.05, 3.63) is 64.3 Å². The molecule has 0 bridgehead atoms. The van der Waals surface area contributed by atoms with Gasteiger partial charge < -0.3 is 4.42 Å². The SMILES string of the molecule is C/C(=N/NC(=O)Cc1nc(C)cs1)c1cc2c(ccc3ccccc32)o1. The first kappa shape index (κ1) is 16.5. The quantitative estimate of drug-likeness (QED) is 0.431. The van der Waals surface area contributed by atoms with E-state index in [-0.39, 0.29) is 12.3 Å². The Labute approximate surface area is 154 Å². The molecule has 1 amide bonds. The van der Waals surface area contributed by atoms with Crippen LogP contribution in [0.4, 0.5) is 0 Å². The molecule has 0 unspecified atom stereocenters. The van der Waals surface area contributed by atoms with Crippen LogP contribution in [-0.2, 0) is 11.2 Å². The molecule has 0 saturated carbocycles. The molecule has 4 rings (SSSR count). The normalized spacial score (nSPS) is 12.0. The summed E-state index contributed by atoms with van der Waals surface area (Å²) in [6.45, 7) is 3.72. The van der Waals surface area contributed by atoms with E-state index in [9.17, 15) is 4.79 Å². The number of hydrazone groups is 1. The lowest BCUT2D eigenvalue weighted by atomic mass is 10.1. The van der Waals surface area contributed by atoms with Gasteiger partial charge in [-0.3, -0.25) is 4.79 Å². The van der Waals surface area contributed by atoms with Gasteiger partial charge in [0, 0.05) is 16.5 Å². The second kappa shape index (κ2) is 6.72. The number of fused-ring (bicyclic) bond motifs is 3. The van der Waals surface area contributed by atoms with Crippen LogP contribution in [-0.4, -0.2) is 16.6 Å². The van der Waals surface area contributed by atoms with Crippen molar-refractivity contribution in [2.24, 2.45) is 5.10 Å². The van der Waals surface area contributed by atoms with Gasteiger partial charge in [-0.25, -0.2) is 10.4 Å². The van der Waals surface area contributed by atoms with Gasteiger partial charge >= 0.3 is 0 Å². The summed E-state index contributed by atoms with van der Waals surface area (Å²) in [6.07, 6.45) is 0.222. The van der Waals surface area contributed by atoms with Crippen molar-refractivity contribution in [1.29, 1.82) is 0 Å². The predicted octanol–water partition coefficient (Wildman–Crippen LogP) is 4.43. The number of aryl methyl sites for hydroxylation is 1. The molecular weight excluding hydrogens is 346 g/mol. The number of rotatable bonds is 4. The molecule has 0 aliphatic rings. The Kier molecular flexibility index (Phi) is 4.26. The molecule has 2 heterocycles. The molecule has 130 valence electrons. The number of thiazole rings is 1. The third-order valence-corrected chi connectivity index (χ3v) is 5.08. The minimum Gasteiger partial charge on any atom is -0.455 e. The van der Waals surface area contributed by atoms with Crippen LogP contribution in [0.3, 0.4) is 0 Å². The minimum atomic E-state index is -0.194. The number of benzene rings is 2. The topological polar surface area (TPSA) is 67.5 Å². The smallest absolute Gasteiger partial charge is 0.246 e. The van der Waals surface area contributed by atoms with Crippen LogP contribution in [0.25, 0.3) is 21.7 Å². The summed E-state index contributed by atoms with van der Waals surface area (Å²) >= 11 is 1.47. The Morgan fingerprint density at radius 1 is 1.23 bits per heavy atom. The van der Waals surface area contributed by atoms with Gasteiger partial charge in [0.15, 0.2) is 5.76 Å². The van der Waals surface area contributed by atoms with Crippen molar-refractivity contribution in [3.63, 3.8) is 0 Å². The van der Waals surface area contributed by atoms with Gasteiger partial charge in [-0.1, -0.05) is 30.3 Å². The molecule has 4 aromatic rings. The molecule has 0 radical (unpaired) electrons. The highest BCUT2D eigenvalue weighted by atomic mass is 32.1. The number of nitrogens with zero attached hydrogens (tertiary/aromatic N) is 2. The molecule has 0 aliphatic heterocycles. The lowest BCUT2D eigenvalue weighted by Gasteiger charge is -1.99. The van der Waals surface area contributed by atoms with Gasteiger partial charge in [0.2, 0.25) is 5.91 Å². The molecule has 0 saturated heterocycles. The third-order valence-electron chi connectivity index (χ3n) is 4.11. The number of carbonyl (C=O) groups excluding carboxylic acids is 1. The second-order valence-electron chi connectivity index (χ2n) is 6.10. The first-order chi connectivity index (χ1) is 12.6. The van der Waals surface area contributed by atoms with Gasteiger partial charge in [-0.2, -0.15) is 5.10 Å². The Hall–Kier alpha value is -2.99. The van der Waals surface area contributed by atoms with Crippen LogP contribution in [0.5, 0.6) is 0 Å². The standard InChI is InChI=1S/C20H17N3O2S/c1-12-11-26-20(21-12)10-19(24)23-22-13(2)18-9-16-15-6-4-3-5-14(15)7-8-17(16)25-18/h3-9,11H,10H2,1-2H3,(H,23,24)/b22-13-. The zero-order valence-electron chi connectivity index (χ0n) is 14.4. The monoisotopic (exact) mass is 363 g/mol. The first-order valence-electron chi connectivity index (χ1n) is 8.26. The largest absolute Gasteiger partial charge is 0.455 e. The van der Waals surface area contributed by atoms with Crippen LogP contribution < -0.4 is 5.43 Å². The maximum Gasteiger partial charge on any atom is 0.246 e. The summed E-state index contributed by atoms with van der Waals surface area (Å²) in [5, 5.41) is 10.2. The lowest BCUT2D eigenvalue weighted by Crippen LogP contribution is -2.21. The van der Waals surface area contributed by atoms with Gasteiger partial charge in [0.05, 0.1) is 6.42 Å². The number of aromatic nitrogens is 1. The third kappa shape index (κ3) is 3.23. The van der Waals surface area contributed by atoms with Gasteiger partial charge in [0.1, 0.15) is 16.3 Å². The van der Waals surface area contributed by atoms with E-state index >= 15 is 0 Å².